The van der Waals surface area contributed by atoms with E-state index in [1.807, 2.05) is 32.6 Å². The van der Waals surface area contributed by atoms with E-state index in [2.05, 4.69) is 14.9 Å². The van der Waals surface area contributed by atoms with Crippen molar-refractivity contribution in [2.45, 2.75) is 38.9 Å². The molecule has 9 heteroatoms. The van der Waals surface area contributed by atoms with Crippen molar-refractivity contribution in [2.75, 3.05) is 30.3 Å². The maximum atomic E-state index is 12.5. The maximum Gasteiger partial charge on any atom is 0.313 e. The fourth-order valence-corrected chi connectivity index (χ4v) is 3.44. The van der Waals surface area contributed by atoms with Gasteiger partial charge in [0.05, 0.1) is 5.75 Å². The number of amides is 1. The molecule has 2 heterocycles. The molecule has 1 aliphatic rings. The van der Waals surface area contributed by atoms with E-state index in [4.69, 9.17) is 16.7 Å². The van der Waals surface area contributed by atoms with Crippen LogP contribution in [0.1, 0.15) is 27.7 Å². The van der Waals surface area contributed by atoms with Gasteiger partial charge in [-0.15, -0.1) is 0 Å². The summed E-state index contributed by atoms with van der Waals surface area (Å²) in [5.41, 5.74) is -0.407. The largest absolute Gasteiger partial charge is 0.481 e. The SMILES string of the molecule is CC1CN(c2cc(Cl)nc(SCC(=O)O)n2)CCN1C(=O)C(C)(C)C. The van der Waals surface area contributed by atoms with E-state index in [9.17, 15) is 9.59 Å². The van der Waals surface area contributed by atoms with Crippen molar-refractivity contribution < 1.29 is 14.7 Å². The molecule has 0 spiro atoms. The van der Waals surface area contributed by atoms with E-state index in [0.29, 0.717) is 30.6 Å². The highest BCUT2D eigenvalue weighted by molar-refractivity contribution is 7.99. The van der Waals surface area contributed by atoms with Crippen molar-refractivity contribution in [1.82, 2.24) is 14.9 Å². The van der Waals surface area contributed by atoms with Crippen LogP contribution in [0.5, 0.6) is 0 Å². The second-order valence-corrected chi connectivity index (χ2v) is 8.39. The smallest absolute Gasteiger partial charge is 0.313 e. The summed E-state index contributed by atoms with van der Waals surface area (Å²) in [6, 6.07) is 1.71. The van der Waals surface area contributed by atoms with Gasteiger partial charge in [-0.1, -0.05) is 44.1 Å². The highest BCUT2D eigenvalue weighted by atomic mass is 35.5. The molecule has 1 atom stereocenters. The van der Waals surface area contributed by atoms with Gasteiger partial charge in [0.25, 0.3) is 0 Å². The molecule has 2 rings (SSSR count). The molecular weight excluding hydrogens is 364 g/mol. The zero-order valence-electron chi connectivity index (χ0n) is 14.8. The number of halogens is 1. The first kappa shape index (κ1) is 19.8. The number of carbonyl (C=O) groups is 2. The van der Waals surface area contributed by atoms with Crippen LogP contribution in [-0.2, 0) is 9.59 Å². The monoisotopic (exact) mass is 386 g/mol. The highest BCUT2D eigenvalue weighted by Crippen LogP contribution is 2.26. The Bertz CT molecular complexity index is 665. The number of carbonyl (C=O) groups excluding carboxylic acids is 1. The van der Waals surface area contributed by atoms with Crippen LogP contribution in [0.2, 0.25) is 5.15 Å². The normalized spacial score (nSPS) is 18.4. The van der Waals surface area contributed by atoms with Gasteiger partial charge >= 0.3 is 5.97 Å². The van der Waals surface area contributed by atoms with Crippen molar-refractivity contribution in [3.05, 3.63) is 11.2 Å². The molecule has 0 aromatic carbocycles. The van der Waals surface area contributed by atoms with E-state index in [1.54, 1.807) is 6.07 Å². The minimum atomic E-state index is -0.932. The van der Waals surface area contributed by atoms with Crippen molar-refractivity contribution in [3.8, 4) is 0 Å². The summed E-state index contributed by atoms with van der Waals surface area (Å²) in [6.07, 6.45) is 0. The molecule has 1 unspecified atom stereocenters. The fraction of sp³-hybridized carbons (Fsp3) is 0.625. The zero-order chi connectivity index (χ0) is 18.8. The number of thioether (sulfide) groups is 1. The van der Waals surface area contributed by atoms with Crippen LogP contribution in [0.3, 0.4) is 0 Å². The van der Waals surface area contributed by atoms with Crippen LogP contribution in [0.15, 0.2) is 11.2 Å². The Labute approximate surface area is 156 Å². The Morgan fingerprint density at radius 1 is 1.36 bits per heavy atom. The molecule has 138 valence electrons. The van der Waals surface area contributed by atoms with Gasteiger partial charge in [-0.05, 0) is 6.92 Å². The van der Waals surface area contributed by atoms with Gasteiger partial charge in [-0.3, -0.25) is 9.59 Å². The Morgan fingerprint density at radius 2 is 2.04 bits per heavy atom. The number of aromatic nitrogens is 2. The first-order chi connectivity index (χ1) is 11.6. The zero-order valence-corrected chi connectivity index (χ0v) is 16.4. The minimum Gasteiger partial charge on any atom is -0.481 e. The van der Waals surface area contributed by atoms with Gasteiger partial charge in [-0.2, -0.15) is 0 Å². The van der Waals surface area contributed by atoms with E-state index in [1.165, 1.54) is 0 Å². The van der Waals surface area contributed by atoms with Crippen molar-refractivity contribution in [1.29, 1.82) is 0 Å². The predicted molar refractivity (Wildman–Crippen MR) is 98.2 cm³/mol. The molecular formula is C16H23ClN4O3S. The average Bonchev–Trinajstić information content (AvgIpc) is 2.50. The average molecular weight is 387 g/mol. The molecule has 25 heavy (non-hydrogen) atoms. The van der Waals surface area contributed by atoms with Gasteiger partial charge in [0.2, 0.25) is 5.91 Å². The minimum absolute atomic E-state index is 0.0457. The van der Waals surface area contributed by atoms with Crippen molar-refractivity contribution in [2.24, 2.45) is 5.41 Å². The quantitative estimate of drug-likeness (QED) is 0.483. The van der Waals surface area contributed by atoms with Crippen LogP contribution in [0.25, 0.3) is 0 Å². The molecule has 1 amide bonds. The summed E-state index contributed by atoms with van der Waals surface area (Å²) in [5.74, 6) is -0.261. The van der Waals surface area contributed by atoms with Gasteiger partial charge < -0.3 is 14.9 Å². The van der Waals surface area contributed by atoms with Crippen molar-refractivity contribution >= 4 is 41.1 Å². The second kappa shape index (κ2) is 7.78. The molecule has 7 nitrogen and oxygen atoms in total. The topological polar surface area (TPSA) is 86.6 Å². The van der Waals surface area contributed by atoms with E-state index < -0.39 is 11.4 Å². The molecule has 1 aliphatic heterocycles. The number of nitrogens with zero attached hydrogens (tertiary/aromatic N) is 4. The molecule has 0 aliphatic carbocycles. The van der Waals surface area contributed by atoms with E-state index in [0.717, 1.165) is 11.8 Å². The molecule has 0 saturated carbocycles. The number of carboxylic acids is 1. The lowest BCUT2D eigenvalue weighted by molar-refractivity contribution is -0.142. The maximum absolute atomic E-state index is 12.5. The Kier molecular flexibility index (Phi) is 6.16. The summed E-state index contributed by atoms with van der Waals surface area (Å²) in [7, 11) is 0. The van der Waals surface area contributed by atoms with Gasteiger partial charge in [-0.25, -0.2) is 9.97 Å². The number of rotatable bonds is 4. The Hall–Kier alpha value is -1.54. The third kappa shape index (κ3) is 5.22. The first-order valence-electron chi connectivity index (χ1n) is 8.03. The number of hydrogen-bond acceptors (Lipinski definition) is 6. The lowest BCUT2D eigenvalue weighted by Gasteiger charge is -2.42. The van der Waals surface area contributed by atoms with Crippen LogP contribution in [-0.4, -0.2) is 63.3 Å². The molecule has 1 aromatic rings. The summed E-state index contributed by atoms with van der Waals surface area (Å²) < 4.78 is 0. The number of anilines is 1. The van der Waals surface area contributed by atoms with Crippen LogP contribution in [0.4, 0.5) is 5.82 Å². The van der Waals surface area contributed by atoms with Gasteiger partial charge in [0, 0.05) is 37.2 Å². The number of aliphatic carboxylic acids is 1. The Morgan fingerprint density at radius 3 is 2.60 bits per heavy atom. The molecule has 1 fully saturated rings. The Balaban J connectivity index is 2.11. The second-order valence-electron chi connectivity index (χ2n) is 7.06. The number of hydrogen-bond donors (Lipinski definition) is 1. The van der Waals surface area contributed by atoms with Gasteiger partial charge in [0.1, 0.15) is 11.0 Å². The lowest BCUT2D eigenvalue weighted by Crippen LogP contribution is -2.56. The van der Waals surface area contributed by atoms with E-state index >= 15 is 0 Å². The van der Waals surface area contributed by atoms with Crippen molar-refractivity contribution in [3.63, 3.8) is 0 Å². The van der Waals surface area contributed by atoms with E-state index in [-0.39, 0.29) is 22.9 Å². The molecule has 1 aromatic heterocycles. The molecule has 0 bridgehead atoms. The summed E-state index contributed by atoms with van der Waals surface area (Å²) in [5, 5.41) is 9.40. The van der Waals surface area contributed by atoms with Crippen LogP contribution >= 0.6 is 23.4 Å². The van der Waals surface area contributed by atoms with Crippen LogP contribution in [0, 0.1) is 5.41 Å². The predicted octanol–water partition coefficient (Wildman–Crippen LogP) is 2.39. The summed E-state index contributed by atoms with van der Waals surface area (Å²) >= 11 is 7.09. The first-order valence-corrected chi connectivity index (χ1v) is 9.39. The fourth-order valence-electron chi connectivity index (χ4n) is 2.64. The molecule has 1 saturated heterocycles. The molecule has 0 radical (unpaired) electrons. The summed E-state index contributed by atoms with van der Waals surface area (Å²) in [6.45, 7) is 9.66. The third-order valence-corrected chi connectivity index (χ3v) is 4.87. The summed E-state index contributed by atoms with van der Waals surface area (Å²) in [4.78, 5) is 35.7. The number of piperazine rings is 1. The van der Waals surface area contributed by atoms with Gasteiger partial charge in [0.15, 0.2) is 5.16 Å². The van der Waals surface area contributed by atoms with Crippen LogP contribution < -0.4 is 4.90 Å². The standard InChI is InChI=1S/C16H23ClN4O3S/c1-10-8-20(5-6-21(10)14(24)16(2,3)4)12-7-11(17)18-15(19-12)25-9-13(22)23/h7,10H,5-6,8-9H2,1-4H3,(H,22,23). The highest BCUT2D eigenvalue weighted by Gasteiger charge is 2.34. The number of carboxylic acid groups (broad SMARTS) is 1. The third-order valence-electron chi connectivity index (χ3n) is 3.84. The molecule has 1 N–H and O–H groups in total. The lowest BCUT2D eigenvalue weighted by atomic mass is 9.93.